The van der Waals surface area contributed by atoms with Gasteiger partial charge in [-0.1, -0.05) is 12.1 Å². The SMILES string of the molecule is O=C(OCC(=O)N1CCC(c2nc3ccccc3o2)CC1)c1ccncc1. The monoisotopic (exact) mass is 365 g/mol. The van der Waals surface area contributed by atoms with Crippen LogP contribution in [0.25, 0.3) is 11.1 Å². The molecule has 1 aliphatic heterocycles. The summed E-state index contributed by atoms with van der Waals surface area (Å²) in [6.45, 7) is 0.929. The minimum absolute atomic E-state index is 0.187. The second-order valence-corrected chi connectivity index (χ2v) is 6.49. The Kier molecular flexibility index (Phi) is 4.82. The van der Waals surface area contributed by atoms with Crippen molar-refractivity contribution in [3.05, 3.63) is 60.2 Å². The highest BCUT2D eigenvalue weighted by atomic mass is 16.5. The molecular formula is C20H19N3O4. The molecule has 7 heteroatoms. The lowest BCUT2D eigenvalue weighted by molar-refractivity contribution is -0.135. The van der Waals surface area contributed by atoms with Gasteiger partial charge in [-0.3, -0.25) is 9.78 Å². The van der Waals surface area contributed by atoms with E-state index < -0.39 is 5.97 Å². The number of para-hydroxylation sites is 2. The topological polar surface area (TPSA) is 85.5 Å². The number of aromatic nitrogens is 2. The van der Waals surface area contributed by atoms with Gasteiger partial charge in [-0.25, -0.2) is 9.78 Å². The molecule has 0 bridgehead atoms. The number of carbonyl (C=O) groups is 2. The number of piperidine rings is 1. The van der Waals surface area contributed by atoms with Crippen molar-refractivity contribution in [2.24, 2.45) is 0 Å². The summed E-state index contributed by atoms with van der Waals surface area (Å²) in [5.74, 6) is 0.216. The molecule has 3 heterocycles. The molecule has 0 radical (unpaired) electrons. The number of rotatable bonds is 4. The first-order valence-electron chi connectivity index (χ1n) is 8.91. The van der Waals surface area contributed by atoms with Gasteiger partial charge in [0.15, 0.2) is 18.1 Å². The van der Waals surface area contributed by atoms with Crippen LogP contribution in [0.4, 0.5) is 0 Å². The van der Waals surface area contributed by atoms with Crippen LogP contribution in [0.3, 0.4) is 0 Å². The fourth-order valence-corrected chi connectivity index (χ4v) is 3.23. The number of pyridine rings is 1. The van der Waals surface area contributed by atoms with E-state index in [0.29, 0.717) is 18.7 Å². The lowest BCUT2D eigenvalue weighted by atomic mass is 9.97. The summed E-state index contributed by atoms with van der Waals surface area (Å²) < 4.78 is 10.9. The Balaban J connectivity index is 1.29. The van der Waals surface area contributed by atoms with Crippen molar-refractivity contribution in [2.45, 2.75) is 18.8 Å². The second kappa shape index (κ2) is 7.57. The number of carbonyl (C=O) groups excluding carboxylic acids is 2. The van der Waals surface area contributed by atoms with Crippen LogP contribution in [0.1, 0.15) is 35.0 Å². The molecule has 1 fully saturated rings. The first-order valence-corrected chi connectivity index (χ1v) is 8.91. The average molecular weight is 365 g/mol. The van der Waals surface area contributed by atoms with Crippen molar-refractivity contribution in [2.75, 3.05) is 19.7 Å². The molecule has 138 valence electrons. The van der Waals surface area contributed by atoms with Crippen LogP contribution in [0, 0.1) is 0 Å². The fraction of sp³-hybridized carbons (Fsp3) is 0.300. The first kappa shape index (κ1) is 17.2. The van der Waals surface area contributed by atoms with Crippen LogP contribution >= 0.6 is 0 Å². The van der Waals surface area contributed by atoms with E-state index in [0.717, 1.165) is 29.8 Å². The second-order valence-electron chi connectivity index (χ2n) is 6.49. The number of hydrogen-bond donors (Lipinski definition) is 0. The van der Waals surface area contributed by atoms with E-state index >= 15 is 0 Å². The van der Waals surface area contributed by atoms with Gasteiger partial charge in [0, 0.05) is 31.4 Å². The van der Waals surface area contributed by atoms with E-state index in [9.17, 15) is 9.59 Å². The number of hydrogen-bond acceptors (Lipinski definition) is 6. The van der Waals surface area contributed by atoms with Gasteiger partial charge in [0.2, 0.25) is 0 Å². The average Bonchev–Trinajstić information content (AvgIpc) is 3.17. The van der Waals surface area contributed by atoms with E-state index in [-0.39, 0.29) is 18.4 Å². The lowest BCUT2D eigenvalue weighted by Gasteiger charge is -2.30. The zero-order valence-corrected chi connectivity index (χ0v) is 14.7. The predicted molar refractivity (Wildman–Crippen MR) is 97.1 cm³/mol. The molecule has 1 amide bonds. The van der Waals surface area contributed by atoms with E-state index in [1.165, 1.54) is 12.4 Å². The Morgan fingerprint density at radius 3 is 2.59 bits per heavy atom. The van der Waals surface area contributed by atoms with Gasteiger partial charge in [-0.15, -0.1) is 0 Å². The van der Waals surface area contributed by atoms with Gasteiger partial charge in [0.05, 0.1) is 5.56 Å². The number of ether oxygens (including phenoxy) is 1. The molecule has 0 spiro atoms. The largest absolute Gasteiger partial charge is 0.452 e. The summed E-state index contributed by atoms with van der Waals surface area (Å²) in [7, 11) is 0. The Labute approximate surface area is 156 Å². The molecule has 1 saturated heterocycles. The van der Waals surface area contributed by atoms with Crippen LogP contribution in [0.2, 0.25) is 0 Å². The Morgan fingerprint density at radius 2 is 1.85 bits per heavy atom. The molecule has 7 nitrogen and oxygen atoms in total. The van der Waals surface area contributed by atoms with Crippen LogP contribution in [0.15, 0.2) is 53.2 Å². The molecule has 27 heavy (non-hydrogen) atoms. The molecule has 4 rings (SSSR count). The molecule has 2 aromatic heterocycles. The standard InChI is InChI=1S/C20H19N3O4/c24-18(13-26-20(25)15-5-9-21-10-6-15)23-11-7-14(8-12-23)19-22-16-3-1-2-4-17(16)27-19/h1-6,9-10,14H,7-8,11-13H2. The first-order chi connectivity index (χ1) is 13.2. The van der Waals surface area contributed by atoms with Crippen LogP contribution in [-0.2, 0) is 9.53 Å². The third-order valence-corrected chi connectivity index (χ3v) is 4.75. The van der Waals surface area contributed by atoms with E-state index in [1.54, 1.807) is 17.0 Å². The highest BCUT2D eigenvalue weighted by molar-refractivity contribution is 5.91. The van der Waals surface area contributed by atoms with E-state index in [4.69, 9.17) is 9.15 Å². The number of benzene rings is 1. The summed E-state index contributed by atoms with van der Waals surface area (Å²) in [5, 5.41) is 0. The Hall–Kier alpha value is -3.22. The molecule has 1 aromatic carbocycles. The summed E-state index contributed by atoms with van der Waals surface area (Å²) >= 11 is 0. The molecular weight excluding hydrogens is 346 g/mol. The van der Waals surface area contributed by atoms with E-state index in [2.05, 4.69) is 9.97 Å². The van der Waals surface area contributed by atoms with Crippen LogP contribution in [0.5, 0.6) is 0 Å². The van der Waals surface area contributed by atoms with Crippen LogP contribution in [-0.4, -0.2) is 46.4 Å². The Bertz CT molecular complexity index is 913. The maximum atomic E-state index is 12.3. The molecule has 0 saturated carbocycles. The minimum atomic E-state index is -0.521. The summed E-state index contributed by atoms with van der Waals surface area (Å²) in [5.41, 5.74) is 2.02. The maximum absolute atomic E-state index is 12.3. The fourth-order valence-electron chi connectivity index (χ4n) is 3.23. The molecule has 0 aliphatic carbocycles. The molecule has 0 unspecified atom stereocenters. The van der Waals surface area contributed by atoms with Gasteiger partial charge in [-0.2, -0.15) is 0 Å². The van der Waals surface area contributed by atoms with Crippen molar-refractivity contribution >= 4 is 23.0 Å². The van der Waals surface area contributed by atoms with Crippen molar-refractivity contribution in [1.29, 1.82) is 0 Å². The van der Waals surface area contributed by atoms with Gasteiger partial charge in [0.1, 0.15) is 5.52 Å². The van der Waals surface area contributed by atoms with Crippen molar-refractivity contribution in [3.8, 4) is 0 Å². The zero-order chi connectivity index (χ0) is 18.6. The summed E-state index contributed by atoms with van der Waals surface area (Å²) in [4.78, 5) is 34.4. The number of amides is 1. The summed E-state index contributed by atoms with van der Waals surface area (Å²) in [6.07, 6.45) is 4.57. The highest BCUT2D eigenvalue weighted by Gasteiger charge is 2.27. The quantitative estimate of drug-likeness (QED) is 0.661. The summed E-state index contributed by atoms with van der Waals surface area (Å²) in [6, 6.07) is 10.8. The van der Waals surface area contributed by atoms with Gasteiger partial charge < -0.3 is 14.1 Å². The minimum Gasteiger partial charge on any atom is -0.452 e. The molecule has 0 N–H and O–H groups in total. The van der Waals surface area contributed by atoms with Gasteiger partial charge >= 0.3 is 5.97 Å². The van der Waals surface area contributed by atoms with Crippen molar-refractivity contribution in [1.82, 2.24) is 14.9 Å². The molecule has 1 aliphatic rings. The number of fused-ring (bicyclic) bond motifs is 1. The highest BCUT2D eigenvalue weighted by Crippen LogP contribution is 2.29. The number of nitrogens with zero attached hydrogens (tertiary/aromatic N) is 3. The van der Waals surface area contributed by atoms with Crippen molar-refractivity contribution in [3.63, 3.8) is 0 Å². The van der Waals surface area contributed by atoms with Gasteiger partial charge in [-0.05, 0) is 37.1 Å². The van der Waals surface area contributed by atoms with Gasteiger partial charge in [0.25, 0.3) is 5.91 Å². The lowest BCUT2D eigenvalue weighted by Crippen LogP contribution is -2.40. The zero-order valence-electron chi connectivity index (χ0n) is 14.7. The third-order valence-electron chi connectivity index (χ3n) is 4.75. The maximum Gasteiger partial charge on any atom is 0.338 e. The van der Waals surface area contributed by atoms with Crippen molar-refractivity contribution < 1.29 is 18.7 Å². The van der Waals surface area contributed by atoms with E-state index in [1.807, 2.05) is 24.3 Å². The molecule has 3 aromatic rings. The number of esters is 1. The normalized spacial score (nSPS) is 15.0. The van der Waals surface area contributed by atoms with Crippen LogP contribution < -0.4 is 0 Å². The number of oxazole rings is 1. The smallest absolute Gasteiger partial charge is 0.338 e. The predicted octanol–water partition coefficient (Wildman–Crippen LogP) is 2.79. The number of likely N-dealkylation sites (tertiary alicyclic amines) is 1. The third kappa shape index (κ3) is 3.81. The Morgan fingerprint density at radius 1 is 1.11 bits per heavy atom. The molecule has 0 atom stereocenters.